The molecule has 0 radical (unpaired) electrons. The van der Waals surface area contributed by atoms with Crippen molar-refractivity contribution in [2.24, 2.45) is 11.7 Å². The summed E-state index contributed by atoms with van der Waals surface area (Å²) in [6.45, 7) is 15.2. The van der Waals surface area contributed by atoms with E-state index in [-0.39, 0.29) is 85.4 Å². The lowest BCUT2D eigenvalue weighted by atomic mass is 10.1. The Morgan fingerprint density at radius 2 is 0.736 bits per heavy atom. The molecule has 0 saturated carbocycles. The summed E-state index contributed by atoms with van der Waals surface area (Å²) in [6.07, 6.45) is 8.99. The van der Waals surface area contributed by atoms with Gasteiger partial charge in [0.1, 0.15) is 5.04 Å². The molecule has 8 heterocycles. The minimum Gasteiger partial charge on any atom is -0.412 e. The number of thiophene rings is 3. The molecule has 23 nitrogen and oxygen atoms in total. The molecule has 676 valence electrons. The predicted octanol–water partition coefficient (Wildman–Crippen LogP) is 19.4. The number of nitrogens with zero attached hydrogens (tertiary/aromatic N) is 11. The molecular weight excluding hydrogens is 1850 g/mol. The number of nitrogens with two attached hydrogens (primary N) is 3. The first-order valence-electron chi connectivity index (χ1n) is 38.6. The summed E-state index contributed by atoms with van der Waals surface area (Å²) in [5.74, 6) is 14.1. The van der Waals surface area contributed by atoms with Crippen LogP contribution in [0.1, 0.15) is 80.1 Å². The Morgan fingerprint density at radius 3 is 1.01 bits per heavy atom. The number of fused-ring (bicyclic) bond motifs is 5. The van der Waals surface area contributed by atoms with Gasteiger partial charge in [-0.2, -0.15) is 0 Å². The third-order valence-electron chi connectivity index (χ3n) is 18.2. The number of thioether (sulfide) groups is 6. The van der Waals surface area contributed by atoms with Gasteiger partial charge < -0.3 is 71.4 Å². The first-order chi connectivity index (χ1) is 55.5. The predicted molar refractivity (Wildman–Crippen MR) is 557 cm³/mol. The van der Waals surface area contributed by atoms with Gasteiger partial charge in [0.25, 0.3) is 11.4 Å². The topological polar surface area (TPSA) is 309 Å². The highest BCUT2D eigenvalue weighted by Gasteiger charge is 2.25. The second-order valence-electron chi connectivity index (χ2n) is 28.3. The zero-order valence-electron chi connectivity index (χ0n) is 70.1. The van der Waals surface area contributed by atoms with Crippen molar-refractivity contribution in [1.82, 2.24) is 24.9 Å². The number of nitro groups is 2. The molecule has 0 fully saturated rings. The van der Waals surface area contributed by atoms with E-state index in [4.69, 9.17) is 33.6 Å². The molecule has 0 bridgehead atoms. The molecular formula is C86H137Cl2IN18O5S9. The Morgan fingerprint density at radius 1 is 0.463 bits per heavy atom. The molecule has 5 aliphatic rings. The maximum atomic E-state index is 10.8. The molecule has 121 heavy (non-hydrogen) atoms. The van der Waals surface area contributed by atoms with E-state index in [2.05, 4.69) is 166 Å². The van der Waals surface area contributed by atoms with Crippen LogP contribution in [0.4, 0.5) is 45.5 Å². The molecule has 13 rings (SSSR count). The SMILES string of the molecule is C.C.C.CN(C)CCCN1CCSc2cc(CC(=N)c3cccs3)ccc21.CN(C)CCCN1CCSc2cc(CC(=N)c3cccs3)ccc21.CN(C)CCCN1CCSc2cc(N)ccc21.CN(C)CCCN1CCSc2cc([N+](=O)[O-])ccc21.CNC.CSC(=N)c1cccs1.Cl.I.NN.O.O=[N+]([O-])c1ccc2c(c1)SCCN2CCCCl. The normalized spacial score (nSPS) is 12.9. The molecule has 8 aromatic rings. The van der Waals surface area contributed by atoms with Gasteiger partial charge in [0, 0.05) is 177 Å². The lowest BCUT2D eigenvalue weighted by Gasteiger charge is -2.31. The van der Waals surface area contributed by atoms with E-state index in [1.54, 1.807) is 81.8 Å². The number of rotatable bonds is 28. The van der Waals surface area contributed by atoms with Crippen molar-refractivity contribution in [2.75, 3.05) is 233 Å². The van der Waals surface area contributed by atoms with Crippen molar-refractivity contribution >= 4 is 215 Å². The van der Waals surface area contributed by atoms with E-state index in [0.29, 0.717) is 22.3 Å². The summed E-state index contributed by atoms with van der Waals surface area (Å²) in [6, 6.07) is 42.0. The number of nitrogens with one attached hydrogen (secondary N) is 4. The van der Waals surface area contributed by atoms with Gasteiger partial charge in [0.05, 0.1) is 54.6 Å². The first-order valence-corrected chi connectivity index (χ1v) is 47.9. The summed E-state index contributed by atoms with van der Waals surface area (Å²) < 4.78 is 0. The third-order valence-corrected chi connectivity index (χ3v) is 27.1. The van der Waals surface area contributed by atoms with Gasteiger partial charge in [0.2, 0.25) is 0 Å². The number of anilines is 6. The van der Waals surface area contributed by atoms with Gasteiger partial charge in [-0.1, -0.05) is 52.6 Å². The lowest BCUT2D eigenvalue weighted by molar-refractivity contribution is -0.385. The Bertz CT molecular complexity index is 4080. The molecule has 5 aromatic carbocycles. The molecule has 0 amide bonds. The second kappa shape index (κ2) is 64.6. The first kappa shape index (κ1) is 116. The number of hydrazine groups is 1. The molecule has 5 aliphatic heterocycles. The van der Waals surface area contributed by atoms with Gasteiger partial charge in [-0.3, -0.25) is 37.3 Å². The van der Waals surface area contributed by atoms with Crippen LogP contribution in [0.2, 0.25) is 0 Å². The molecule has 0 aliphatic carbocycles. The summed E-state index contributed by atoms with van der Waals surface area (Å²) >= 11 is 21.3. The van der Waals surface area contributed by atoms with Crippen LogP contribution in [0, 0.1) is 36.5 Å². The van der Waals surface area contributed by atoms with Crippen molar-refractivity contribution in [3.8, 4) is 0 Å². The van der Waals surface area contributed by atoms with E-state index < -0.39 is 0 Å². The van der Waals surface area contributed by atoms with Crippen LogP contribution < -0.4 is 47.2 Å². The molecule has 0 atom stereocenters. The van der Waals surface area contributed by atoms with Crippen molar-refractivity contribution in [2.45, 2.75) is 91.7 Å². The number of nitro benzene ring substituents is 2. The summed E-state index contributed by atoms with van der Waals surface area (Å²) in [5, 5.41) is 54.9. The molecule has 35 heteroatoms. The molecule has 12 N–H and O–H groups in total. The largest absolute Gasteiger partial charge is 0.412 e. The average Bonchev–Trinajstić information content (AvgIpc) is 1.17. The second-order valence-corrected chi connectivity index (χ2v) is 38.0. The number of benzene rings is 5. The van der Waals surface area contributed by atoms with E-state index in [9.17, 15) is 20.2 Å². The van der Waals surface area contributed by atoms with E-state index in [0.717, 1.165) is 182 Å². The van der Waals surface area contributed by atoms with E-state index >= 15 is 0 Å². The average molecular weight is 1990 g/mol. The fraction of sp³-hybridized carbons (Fsp3) is 0.477. The monoisotopic (exact) mass is 1990 g/mol. The zero-order chi connectivity index (χ0) is 83.6. The standard InChI is InChI=1S/2C19H25N3S2.C13H19N3O2S.C13H21N3S.C11H13ClN2O2S.C6H7NS2.C2H7N.3CH4.ClH.HI.H4N2.H2O/c2*1-21(2)8-4-9-22-10-12-24-19-14-15(6-7-17(19)22)13-16(20)18-5-3-11-23-18;1-14(2)6-3-7-15-8-9-19-13-10-11(16(17)18)4-5-12(13)15;1-15(2)6-3-7-16-8-9-17-13-10-11(14)4-5-12(13)16;12-4-1-5-13-6-7-17-11-8-9(14(15)16)2-3-10(11)13;1-8-6(7)5-3-2-4-9-5;1-3-2;;;;;;1-2;/h2*3,5-7,11,14,20H,4,8-10,12-13H2,1-2H3;4-5,10H,3,6-9H2,1-2H3;4-5,10H,3,6-9,14H2,1-2H3;2-3,8H,1,4-7H2;2-4,7H,1H3;3H,1-2H3;3*1H4;2*1H;1-2H2;1H2. The van der Waals surface area contributed by atoms with Crippen LogP contribution >= 0.6 is 153 Å². The van der Waals surface area contributed by atoms with Crippen molar-refractivity contribution < 1.29 is 15.3 Å². The Kier molecular flexibility index (Phi) is 61.9. The van der Waals surface area contributed by atoms with Crippen LogP contribution in [0.3, 0.4) is 0 Å². The minimum atomic E-state index is -0.349. The summed E-state index contributed by atoms with van der Waals surface area (Å²) in [4.78, 5) is 51.2. The summed E-state index contributed by atoms with van der Waals surface area (Å²) in [7, 11) is 20.7. The Balaban J connectivity index is 0.00000142. The quantitative estimate of drug-likeness (QED) is 0.00350. The molecule has 0 spiro atoms. The highest BCUT2D eigenvalue weighted by atomic mass is 127. The smallest absolute Gasteiger partial charge is 0.270 e. The van der Waals surface area contributed by atoms with Gasteiger partial charge in [0.15, 0.2) is 0 Å². The zero-order valence-corrected chi connectivity index (χ0v) is 81.4. The maximum Gasteiger partial charge on any atom is 0.270 e. The minimum absolute atomic E-state index is 0. The Labute approximate surface area is 789 Å². The highest BCUT2D eigenvalue weighted by molar-refractivity contribution is 14.0. The van der Waals surface area contributed by atoms with Crippen LogP contribution in [-0.4, -0.2) is 254 Å². The van der Waals surface area contributed by atoms with Gasteiger partial charge >= 0.3 is 0 Å². The van der Waals surface area contributed by atoms with Crippen LogP contribution in [0.15, 0.2) is 168 Å². The third kappa shape index (κ3) is 41.0. The van der Waals surface area contributed by atoms with Gasteiger partial charge in [-0.05, 0) is 235 Å². The number of halogens is 3. The van der Waals surface area contributed by atoms with E-state index in [1.807, 2.05) is 126 Å². The van der Waals surface area contributed by atoms with Crippen molar-refractivity contribution in [3.05, 3.63) is 190 Å². The number of alkyl halides is 1. The summed E-state index contributed by atoms with van der Waals surface area (Å²) in [5.41, 5.74) is 17.3. The van der Waals surface area contributed by atoms with E-state index in [1.165, 1.54) is 79.7 Å². The number of hydrogen-bond donors (Lipinski definition) is 7. The number of nitrogen functional groups attached to an aromatic ring is 1. The fourth-order valence-electron chi connectivity index (χ4n) is 12.6. The molecule has 3 aromatic heterocycles. The Hall–Kier alpha value is -5.10. The van der Waals surface area contributed by atoms with Crippen LogP contribution in [0.5, 0.6) is 0 Å². The molecule has 0 saturated heterocycles. The van der Waals surface area contributed by atoms with Crippen LogP contribution in [0.25, 0.3) is 0 Å². The van der Waals surface area contributed by atoms with Gasteiger partial charge in [-0.15, -0.1) is 153 Å². The maximum absolute atomic E-state index is 10.8. The number of hydrogen-bond acceptors (Lipinski definition) is 29. The van der Waals surface area contributed by atoms with Crippen LogP contribution in [-0.2, 0) is 12.8 Å². The number of non-ortho nitro benzene ring substituents is 2. The lowest BCUT2D eigenvalue weighted by Crippen LogP contribution is -2.31. The van der Waals surface area contributed by atoms with Gasteiger partial charge in [-0.25, -0.2) is 0 Å². The highest BCUT2D eigenvalue weighted by Crippen LogP contribution is 2.41. The van der Waals surface area contributed by atoms with Crippen molar-refractivity contribution in [1.29, 1.82) is 16.2 Å². The molecule has 0 unspecified atom stereocenters. The van der Waals surface area contributed by atoms with Crippen molar-refractivity contribution in [3.63, 3.8) is 0 Å². The fourth-order valence-corrected chi connectivity index (χ4v) is 20.8.